The van der Waals surface area contributed by atoms with E-state index in [-0.39, 0.29) is 6.04 Å². The van der Waals surface area contributed by atoms with Gasteiger partial charge >= 0.3 is 0 Å². The molecule has 1 heterocycles. The number of nitrogens with one attached hydrogen (secondary N) is 2. The van der Waals surface area contributed by atoms with E-state index in [0.29, 0.717) is 6.04 Å². The lowest BCUT2D eigenvalue weighted by Gasteiger charge is -2.31. The number of hydrogen-bond donors (Lipinski definition) is 2. The highest BCUT2D eigenvalue weighted by molar-refractivity contribution is 7.79. The van der Waals surface area contributed by atoms with Gasteiger partial charge < -0.3 is 10.6 Å². The molecule has 2 nitrogen and oxygen atoms in total. The Morgan fingerprint density at radius 1 is 1.23 bits per heavy atom. The minimum Gasteiger partial charge on any atom is -0.378 e. The summed E-state index contributed by atoms with van der Waals surface area (Å²) in [6.07, 6.45) is 0. The first-order valence-electron chi connectivity index (χ1n) is 4.38. The topological polar surface area (TPSA) is 24.1 Å². The fraction of sp³-hybridized carbons (Fsp3) is 0.300. The van der Waals surface area contributed by atoms with Crippen LogP contribution in [0.3, 0.4) is 0 Å². The van der Waals surface area contributed by atoms with Crippen molar-refractivity contribution in [2.24, 2.45) is 0 Å². The molecule has 13 heavy (non-hydrogen) atoms. The lowest BCUT2D eigenvalue weighted by Crippen LogP contribution is -2.41. The zero-order valence-electron chi connectivity index (χ0n) is 7.45. The van der Waals surface area contributed by atoms with E-state index in [0.717, 1.165) is 11.4 Å². The van der Waals surface area contributed by atoms with Gasteiger partial charge in [0.1, 0.15) is 0 Å². The lowest BCUT2D eigenvalue weighted by molar-refractivity contribution is 0.755. The highest BCUT2D eigenvalue weighted by atomic mass is 32.1. The zero-order chi connectivity index (χ0) is 9.26. The molecule has 0 aromatic heterocycles. The molecule has 0 saturated carbocycles. The number of rotatable bonds is 1. The first kappa shape index (κ1) is 8.51. The maximum Gasteiger partial charge on any atom is 0.0745 e. The minimum absolute atomic E-state index is 0.241. The summed E-state index contributed by atoms with van der Waals surface area (Å²) in [4.78, 5) is 0. The molecule has 0 amide bonds. The van der Waals surface area contributed by atoms with Gasteiger partial charge in [-0.3, -0.25) is 0 Å². The summed E-state index contributed by atoms with van der Waals surface area (Å²) in [6, 6.07) is 8.76. The molecule has 68 valence electrons. The van der Waals surface area contributed by atoms with Gasteiger partial charge in [0.2, 0.25) is 0 Å². The van der Waals surface area contributed by atoms with Crippen LogP contribution in [0.4, 0.5) is 11.4 Å². The van der Waals surface area contributed by atoms with Crippen molar-refractivity contribution in [3.05, 3.63) is 24.3 Å². The van der Waals surface area contributed by atoms with Gasteiger partial charge in [-0.25, -0.2) is 0 Å². The number of para-hydroxylation sites is 2. The molecule has 2 atom stereocenters. The fourth-order valence-corrected chi connectivity index (χ4v) is 1.83. The van der Waals surface area contributed by atoms with Crippen molar-refractivity contribution in [3.8, 4) is 0 Å². The van der Waals surface area contributed by atoms with E-state index in [2.05, 4.69) is 29.7 Å². The molecule has 0 bridgehead atoms. The Balaban J connectivity index is 2.32. The average molecular weight is 192 g/mol. The van der Waals surface area contributed by atoms with Gasteiger partial charge in [-0.05, 0) is 19.1 Å². The maximum atomic E-state index is 4.95. The Morgan fingerprint density at radius 3 is 2.46 bits per heavy atom. The van der Waals surface area contributed by atoms with E-state index in [1.54, 1.807) is 5.37 Å². The van der Waals surface area contributed by atoms with Crippen LogP contribution in [0.25, 0.3) is 0 Å². The molecule has 0 spiro atoms. The summed E-state index contributed by atoms with van der Waals surface area (Å²) in [5.41, 5.74) is 2.29. The van der Waals surface area contributed by atoms with Crippen molar-refractivity contribution in [2.45, 2.75) is 19.0 Å². The van der Waals surface area contributed by atoms with Crippen LogP contribution < -0.4 is 10.6 Å². The molecule has 2 unspecified atom stereocenters. The summed E-state index contributed by atoms with van der Waals surface area (Å²) in [6.45, 7) is 2.12. The maximum absolute atomic E-state index is 4.95. The third-order valence-corrected chi connectivity index (χ3v) is 2.61. The molecular weight excluding hydrogens is 180 g/mol. The number of anilines is 2. The summed E-state index contributed by atoms with van der Waals surface area (Å²) >= 11 is 4.95. The Kier molecular flexibility index (Phi) is 2.19. The molecule has 0 fully saturated rings. The highest BCUT2D eigenvalue weighted by Crippen LogP contribution is 2.27. The second-order valence-electron chi connectivity index (χ2n) is 3.28. The highest BCUT2D eigenvalue weighted by Gasteiger charge is 2.20. The van der Waals surface area contributed by atoms with Gasteiger partial charge in [-0.15, -0.1) is 0 Å². The normalized spacial score (nSPS) is 25.3. The van der Waals surface area contributed by atoms with Gasteiger partial charge in [-0.2, -0.15) is 0 Å². The van der Waals surface area contributed by atoms with E-state index < -0.39 is 0 Å². The number of hydrogen-bond acceptors (Lipinski definition) is 3. The molecule has 3 heteroatoms. The van der Waals surface area contributed by atoms with Crippen molar-refractivity contribution in [2.75, 3.05) is 10.6 Å². The molecule has 1 aliphatic heterocycles. The van der Waals surface area contributed by atoms with E-state index in [4.69, 9.17) is 12.2 Å². The molecule has 2 rings (SSSR count). The fourth-order valence-electron chi connectivity index (χ4n) is 1.53. The van der Waals surface area contributed by atoms with Crippen LogP contribution >= 0.6 is 12.2 Å². The quantitative estimate of drug-likeness (QED) is 0.667. The molecule has 0 radical (unpaired) electrons. The molecule has 0 saturated heterocycles. The second kappa shape index (κ2) is 3.34. The summed E-state index contributed by atoms with van der Waals surface area (Å²) in [5.74, 6) is 0. The van der Waals surface area contributed by atoms with Crippen LogP contribution in [0.15, 0.2) is 24.3 Å². The number of benzene rings is 1. The standard InChI is InChI=1S/C10H12N2S/c1-7-10(6-13)12-9-5-3-2-4-8(9)11-7/h2-7,10-12H,1H3. The van der Waals surface area contributed by atoms with Crippen molar-refractivity contribution < 1.29 is 0 Å². The smallest absolute Gasteiger partial charge is 0.0745 e. The Labute approximate surface area is 83.3 Å². The first-order chi connectivity index (χ1) is 6.31. The second-order valence-corrected chi connectivity index (χ2v) is 3.56. The third kappa shape index (κ3) is 1.52. The summed E-state index contributed by atoms with van der Waals surface area (Å²) in [5, 5.41) is 8.55. The van der Waals surface area contributed by atoms with E-state index >= 15 is 0 Å². The van der Waals surface area contributed by atoms with Gasteiger partial charge in [0.25, 0.3) is 0 Å². The van der Waals surface area contributed by atoms with Crippen molar-refractivity contribution >= 4 is 29.0 Å². The third-order valence-electron chi connectivity index (χ3n) is 2.32. The molecule has 1 aromatic carbocycles. The number of thiocarbonyl (C=S) groups is 1. The van der Waals surface area contributed by atoms with Crippen LogP contribution in [0, 0.1) is 0 Å². The zero-order valence-corrected chi connectivity index (χ0v) is 8.27. The molecule has 1 aliphatic rings. The molecule has 1 aromatic rings. The Morgan fingerprint density at radius 2 is 1.85 bits per heavy atom. The monoisotopic (exact) mass is 192 g/mol. The first-order valence-corrected chi connectivity index (χ1v) is 4.86. The Bertz CT molecular complexity index is 324. The summed E-state index contributed by atoms with van der Waals surface area (Å²) in [7, 11) is 0. The van der Waals surface area contributed by atoms with Crippen LogP contribution in [-0.4, -0.2) is 17.5 Å². The average Bonchev–Trinajstić information content (AvgIpc) is 2.17. The summed E-state index contributed by atoms with van der Waals surface area (Å²) < 4.78 is 0. The predicted molar refractivity (Wildman–Crippen MR) is 60.6 cm³/mol. The van der Waals surface area contributed by atoms with Crippen molar-refractivity contribution in [1.29, 1.82) is 0 Å². The van der Waals surface area contributed by atoms with Crippen molar-refractivity contribution in [1.82, 2.24) is 0 Å². The Hall–Kier alpha value is -1.09. The predicted octanol–water partition coefficient (Wildman–Crippen LogP) is 2.28. The minimum atomic E-state index is 0.241. The SMILES string of the molecule is CC1Nc2ccccc2NC1C=S. The number of fused-ring (bicyclic) bond motifs is 1. The molecular formula is C10H12N2S. The van der Waals surface area contributed by atoms with E-state index in [9.17, 15) is 0 Å². The van der Waals surface area contributed by atoms with Crippen LogP contribution in [0.2, 0.25) is 0 Å². The van der Waals surface area contributed by atoms with Crippen LogP contribution in [-0.2, 0) is 0 Å². The molecule has 0 aliphatic carbocycles. The van der Waals surface area contributed by atoms with Crippen LogP contribution in [0.1, 0.15) is 6.92 Å². The van der Waals surface area contributed by atoms with Crippen LogP contribution in [0.5, 0.6) is 0 Å². The molecule has 2 N–H and O–H groups in total. The van der Waals surface area contributed by atoms with Gasteiger partial charge in [0, 0.05) is 11.4 Å². The van der Waals surface area contributed by atoms with Gasteiger partial charge in [0.05, 0.1) is 17.4 Å². The lowest BCUT2D eigenvalue weighted by atomic mass is 10.1. The van der Waals surface area contributed by atoms with Gasteiger partial charge in [-0.1, -0.05) is 24.4 Å². The van der Waals surface area contributed by atoms with Crippen molar-refractivity contribution in [3.63, 3.8) is 0 Å². The van der Waals surface area contributed by atoms with Gasteiger partial charge in [0.15, 0.2) is 0 Å². The van der Waals surface area contributed by atoms with E-state index in [1.807, 2.05) is 12.1 Å². The largest absolute Gasteiger partial charge is 0.378 e. The van der Waals surface area contributed by atoms with E-state index in [1.165, 1.54) is 0 Å².